The summed E-state index contributed by atoms with van der Waals surface area (Å²) in [4.78, 5) is 2.67. The standard InChI is InChI=1S/C11H21N/c1-9(2)12-7-10-5-3-4-6-11(10)8-12/h9-11H,3-8H2,1-2H3. The van der Waals surface area contributed by atoms with Gasteiger partial charge < -0.3 is 4.90 Å². The zero-order valence-electron chi connectivity index (χ0n) is 8.42. The van der Waals surface area contributed by atoms with Crippen molar-refractivity contribution in [2.75, 3.05) is 13.1 Å². The van der Waals surface area contributed by atoms with Gasteiger partial charge in [0.15, 0.2) is 0 Å². The molecule has 1 aliphatic carbocycles. The molecule has 2 fully saturated rings. The summed E-state index contributed by atoms with van der Waals surface area (Å²) in [6.45, 7) is 7.44. The average Bonchev–Trinajstić information content (AvgIpc) is 2.46. The van der Waals surface area contributed by atoms with Gasteiger partial charge in [0.1, 0.15) is 0 Å². The van der Waals surface area contributed by atoms with Crippen LogP contribution in [0.3, 0.4) is 0 Å². The van der Waals surface area contributed by atoms with Gasteiger partial charge in [-0.15, -0.1) is 0 Å². The Balaban J connectivity index is 1.94. The van der Waals surface area contributed by atoms with Crippen molar-refractivity contribution in [3.8, 4) is 0 Å². The maximum atomic E-state index is 2.67. The average molecular weight is 167 g/mol. The fraction of sp³-hybridized carbons (Fsp3) is 1.00. The highest BCUT2D eigenvalue weighted by atomic mass is 15.2. The summed E-state index contributed by atoms with van der Waals surface area (Å²) in [5, 5.41) is 0. The zero-order valence-corrected chi connectivity index (χ0v) is 8.42. The highest BCUT2D eigenvalue weighted by Crippen LogP contribution is 2.36. The van der Waals surface area contributed by atoms with Crippen LogP contribution in [-0.4, -0.2) is 24.0 Å². The van der Waals surface area contributed by atoms with Crippen LogP contribution in [0.15, 0.2) is 0 Å². The van der Waals surface area contributed by atoms with E-state index in [2.05, 4.69) is 18.7 Å². The van der Waals surface area contributed by atoms with Gasteiger partial charge in [-0.2, -0.15) is 0 Å². The third kappa shape index (κ3) is 1.52. The van der Waals surface area contributed by atoms with Crippen LogP contribution in [0, 0.1) is 11.8 Å². The summed E-state index contributed by atoms with van der Waals surface area (Å²) in [6.07, 6.45) is 6.00. The van der Waals surface area contributed by atoms with Gasteiger partial charge in [0, 0.05) is 19.1 Å². The maximum Gasteiger partial charge on any atom is 0.00388 e. The first-order valence-electron chi connectivity index (χ1n) is 5.51. The Morgan fingerprint density at radius 2 is 1.50 bits per heavy atom. The molecular formula is C11H21N. The second-order valence-electron chi connectivity index (χ2n) is 4.85. The van der Waals surface area contributed by atoms with Crippen molar-refractivity contribution in [2.45, 2.75) is 45.6 Å². The molecule has 1 saturated carbocycles. The molecule has 12 heavy (non-hydrogen) atoms. The predicted molar refractivity (Wildman–Crippen MR) is 52.2 cm³/mol. The largest absolute Gasteiger partial charge is 0.300 e. The van der Waals surface area contributed by atoms with Gasteiger partial charge in [-0.25, -0.2) is 0 Å². The first-order chi connectivity index (χ1) is 5.77. The normalized spacial score (nSPS) is 37.2. The molecule has 0 aromatic rings. The maximum absolute atomic E-state index is 2.67. The highest BCUT2D eigenvalue weighted by molar-refractivity contribution is 4.87. The Labute approximate surface area is 76.1 Å². The second-order valence-corrected chi connectivity index (χ2v) is 4.85. The monoisotopic (exact) mass is 167 g/mol. The van der Waals surface area contributed by atoms with E-state index in [1.165, 1.54) is 38.8 Å². The fourth-order valence-electron chi connectivity index (χ4n) is 2.86. The van der Waals surface area contributed by atoms with Crippen molar-refractivity contribution < 1.29 is 0 Å². The highest BCUT2D eigenvalue weighted by Gasteiger charge is 2.34. The van der Waals surface area contributed by atoms with E-state index in [4.69, 9.17) is 0 Å². The zero-order chi connectivity index (χ0) is 8.55. The van der Waals surface area contributed by atoms with Crippen LogP contribution in [0.5, 0.6) is 0 Å². The van der Waals surface area contributed by atoms with Crippen LogP contribution in [-0.2, 0) is 0 Å². The summed E-state index contributed by atoms with van der Waals surface area (Å²) < 4.78 is 0. The molecule has 70 valence electrons. The van der Waals surface area contributed by atoms with Crippen molar-refractivity contribution in [1.29, 1.82) is 0 Å². The lowest BCUT2D eigenvalue weighted by Gasteiger charge is -2.23. The molecular weight excluding hydrogens is 146 g/mol. The van der Waals surface area contributed by atoms with Crippen molar-refractivity contribution in [3.63, 3.8) is 0 Å². The van der Waals surface area contributed by atoms with E-state index in [0.717, 1.165) is 17.9 Å². The lowest BCUT2D eigenvalue weighted by molar-refractivity contribution is 0.261. The molecule has 0 amide bonds. The van der Waals surface area contributed by atoms with Crippen molar-refractivity contribution >= 4 is 0 Å². The Hall–Kier alpha value is -0.0400. The van der Waals surface area contributed by atoms with Crippen molar-refractivity contribution in [2.24, 2.45) is 11.8 Å². The Kier molecular flexibility index (Phi) is 2.40. The van der Waals surface area contributed by atoms with Gasteiger partial charge in [0.2, 0.25) is 0 Å². The number of hydrogen-bond donors (Lipinski definition) is 0. The fourth-order valence-corrected chi connectivity index (χ4v) is 2.86. The lowest BCUT2D eigenvalue weighted by atomic mass is 9.82. The second kappa shape index (κ2) is 3.37. The molecule has 0 radical (unpaired) electrons. The van der Waals surface area contributed by atoms with Gasteiger partial charge >= 0.3 is 0 Å². The molecule has 0 aromatic heterocycles. The van der Waals surface area contributed by atoms with Gasteiger partial charge in [-0.05, 0) is 38.5 Å². The molecule has 1 heterocycles. The van der Waals surface area contributed by atoms with E-state index < -0.39 is 0 Å². The summed E-state index contributed by atoms with van der Waals surface area (Å²) in [5.74, 6) is 2.11. The third-order valence-corrected chi connectivity index (χ3v) is 3.73. The minimum absolute atomic E-state index is 0.774. The van der Waals surface area contributed by atoms with Gasteiger partial charge in [0.25, 0.3) is 0 Å². The summed E-state index contributed by atoms with van der Waals surface area (Å²) >= 11 is 0. The van der Waals surface area contributed by atoms with Crippen LogP contribution in [0.4, 0.5) is 0 Å². The number of likely N-dealkylation sites (tertiary alicyclic amines) is 1. The van der Waals surface area contributed by atoms with E-state index in [9.17, 15) is 0 Å². The van der Waals surface area contributed by atoms with Gasteiger partial charge in [-0.1, -0.05) is 12.8 Å². The van der Waals surface area contributed by atoms with E-state index in [-0.39, 0.29) is 0 Å². The SMILES string of the molecule is CC(C)N1CC2CCCCC2C1. The Morgan fingerprint density at radius 3 is 1.92 bits per heavy atom. The molecule has 1 saturated heterocycles. The third-order valence-electron chi connectivity index (χ3n) is 3.73. The number of nitrogens with zero attached hydrogens (tertiary/aromatic N) is 1. The molecule has 2 aliphatic rings. The molecule has 2 unspecified atom stereocenters. The van der Waals surface area contributed by atoms with E-state index in [1.807, 2.05) is 0 Å². The van der Waals surface area contributed by atoms with Crippen molar-refractivity contribution in [3.05, 3.63) is 0 Å². The van der Waals surface area contributed by atoms with Gasteiger partial charge in [0.05, 0.1) is 0 Å². The smallest absolute Gasteiger partial charge is 0.00388 e. The molecule has 1 nitrogen and oxygen atoms in total. The molecule has 0 spiro atoms. The minimum Gasteiger partial charge on any atom is -0.300 e. The van der Waals surface area contributed by atoms with Gasteiger partial charge in [-0.3, -0.25) is 0 Å². The summed E-state index contributed by atoms with van der Waals surface area (Å²) in [5.41, 5.74) is 0. The molecule has 0 bridgehead atoms. The predicted octanol–water partition coefficient (Wildman–Crippen LogP) is 2.52. The molecule has 2 atom stereocenters. The van der Waals surface area contributed by atoms with E-state index >= 15 is 0 Å². The first kappa shape index (κ1) is 8.55. The van der Waals surface area contributed by atoms with Crippen LogP contribution in [0.2, 0.25) is 0 Å². The van der Waals surface area contributed by atoms with Crippen LogP contribution in [0.25, 0.3) is 0 Å². The topological polar surface area (TPSA) is 3.24 Å². The summed E-state index contributed by atoms with van der Waals surface area (Å²) in [7, 11) is 0. The van der Waals surface area contributed by atoms with Crippen LogP contribution in [0.1, 0.15) is 39.5 Å². The van der Waals surface area contributed by atoms with Crippen molar-refractivity contribution in [1.82, 2.24) is 4.90 Å². The van der Waals surface area contributed by atoms with E-state index in [1.54, 1.807) is 0 Å². The first-order valence-corrected chi connectivity index (χ1v) is 5.51. The molecule has 0 N–H and O–H groups in total. The van der Waals surface area contributed by atoms with Crippen LogP contribution < -0.4 is 0 Å². The number of rotatable bonds is 1. The Bertz CT molecular complexity index is 139. The summed E-state index contributed by atoms with van der Waals surface area (Å²) in [6, 6.07) is 0.774. The molecule has 1 aliphatic heterocycles. The number of fused-ring (bicyclic) bond motifs is 1. The van der Waals surface area contributed by atoms with E-state index in [0.29, 0.717) is 0 Å². The minimum atomic E-state index is 0.774. The molecule has 1 heteroatoms. The number of hydrogen-bond acceptors (Lipinski definition) is 1. The van der Waals surface area contributed by atoms with Crippen LogP contribution >= 0.6 is 0 Å². The molecule has 2 rings (SSSR count). The lowest BCUT2D eigenvalue weighted by Crippen LogP contribution is -2.28. The molecule has 0 aromatic carbocycles. The quantitative estimate of drug-likeness (QED) is 0.580. The Morgan fingerprint density at radius 1 is 1.00 bits per heavy atom.